The first-order valence-corrected chi connectivity index (χ1v) is 22.0. The van der Waals surface area contributed by atoms with Crippen LogP contribution in [0.4, 0.5) is 0 Å². The van der Waals surface area contributed by atoms with E-state index in [2.05, 4.69) is 31.6 Å². The minimum atomic E-state index is -1.67. The largest absolute Gasteiger partial charge is 0.508 e. The van der Waals surface area contributed by atoms with Crippen molar-refractivity contribution in [2.45, 2.75) is 135 Å². The number of phenols is 1. The Balaban J connectivity index is 1.60. The Bertz CT molecular complexity index is 2100. The summed E-state index contributed by atoms with van der Waals surface area (Å²) in [5.74, 6) is -6.10. The number of carboxylic acids is 1. The van der Waals surface area contributed by atoms with E-state index in [1.165, 1.54) is 24.0 Å². The molecule has 4 rings (SSSR count). The summed E-state index contributed by atoms with van der Waals surface area (Å²) in [5.41, 5.74) is 8.12. The van der Waals surface area contributed by atoms with Gasteiger partial charge in [-0.25, -0.2) is 4.79 Å². The lowest BCUT2D eigenvalue weighted by atomic mass is 9.95. The average Bonchev–Trinajstić information content (AvgIpc) is 3.90. The topological polar surface area (TPSA) is 285 Å². The smallest absolute Gasteiger partial charge is 0.328 e. The van der Waals surface area contributed by atoms with E-state index in [4.69, 9.17) is 5.73 Å². The van der Waals surface area contributed by atoms with Gasteiger partial charge in [0.15, 0.2) is 6.04 Å². The van der Waals surface area contributed by atoms with Gasteiger partial charge in [0.2, 0.25) is 35.4 Å². The van der Waals surface area contributed by atoms with E-state index in [0.29, 0.717) is 30.4 Å². The van der Waals surface area contributed by atoms with Gasteiger partial charge < -0.3 is 57.5 Å². The molecule has 0 unspecified atom stereocenters. The van der Waals surface area contributed by atoms with Crippen molar-refractivity contribution in [1.29, 1.82) is 0 Å². The lowest BCUT2D eigenvalue weighted by Crippen LogP contribution is -2.61. The molecule has 1 fully saturated rings. The molecule has 0 saturated carbocycles. The second kappa shape index (κ2) is 23.1. The highest BCUT2D eigenvalue weighted by Crippen LogP contribution is 2.23. The summed E-state index contributed by atoms with van der Waals surface area (Å²) in [6.07, 6.45) is 1.64. The number of aliphatic carboxylic acids is 1. The number of fused-ring (bicyclic) bond motifs is 1. The molecular formula is C46H66N8O10. The summed E-state index contributed by atoms with van der Waals surface area (Å²) in [4.78, 5) is 100. The number of amides is 6. The molecule has 18 heteroatoms. The molecule has 0 aliphatic carbocycles. The monoisotopic (exact) mass is 890 g/mol. The molecule has 1 aliphatic heterocycles. The zero-order chi connectivity index (χ0) is 47.4. The minimum absolute atomic E-state index is 0.0167. The van der Waals surface area contributed by atoms with Gasteiger partial charge in [-0.3, -0.25) is 28.8 Å². The lowest BCUT2D eigenvalue weighted by Gasteiger charge is -2.32. The highest BCUT2D eigenvalue weighted by molar-refractivity contribution is 5.98. The van der Waals surface area contributed by atoms with Gasteiger partial charge in [0, 0.05) is 36.5 Å². The normalized spacial score (nSPS) is 17.7. The summed E-state index contributed by atoms with van der Waals surface area (Å²) in [6, 6.07) is 4.98. The van der Waals surface area contributed by atoms with Gasteiger partial charge in [0.25, 0.3) is 0 Å². The molecule has 2 heterocycles. The molecule has 1 saturated heterocycles. The zero-order valence-corrected chi connectivity index (χ0v) is 37.7. The third-order valence-electron chi connectivity index (χ3n) is 11.7. The maximum absolute atomic E-state index is 14.7. The predicted octanol–water partition coefficient (Wildman–Crippen LogP) is 1.61. The highest BCUT2D eigenvalue weighted by Gasteiger charge is 2.41. The number of hydrogen-bond acceptors (Lipinski definition) is 10. The number of aromatic nitrogens is 1. The van der Waals surface area contributed by atoms with E-state index in [0.717, 1.165) is 10.9 Å². The Morgan fingerprint density at radius 2 is 1.41 bits per heavy atom. The average molecular weight is 891 g/mol. The Hall–Kier alpha value is -6.01. The second-order valence-corrected chi connectivity index (χ2v) is 17.6. The summed E-state index contributed by atoms with van der Waals surface area (Å²) in [7, 11) is 0. The Morgan fingerprint density at radius 3 is 2.02 bits per heavy atom. The number of benzene rings is 2. The van der Waals surface area contributed by atoms with Crippen molar-refractivity contribution in [3.63, 3.8) is 0 Å². The molecular weight excluding hydrogens is 825 g/mol. The highest BCUT2D eigenvalue weighted by atomic mass is 16.4. The van der Waals surface area contributed by atoms with Gasteiger partial charge in [-0.2, -0.15) is 0 Å². The Kier molecular flexibility index (Phi) is 18.3. The number of carboxylic acid groups (broad SMARTS) is 1. The minimum Gasteiger partial charge on any atom is -0.508 e. The van der Waals surface area contributed by atoms with Crippen molar-refractivity contribution in [3.05, 3.63) is 65.9 Å². The maximum Gasteiger partial charge on any atom is 0.328 e. The van der Waals surface area contributed by atoms with Gasteiger partial charge >= 0.3 is 5.97 Å². The summed E-state index contributed by atoms with van der Waals surface area (Å²) in [5, 5.41) is 44.0. The van der Waals surface area contributed by atoms with Crippen LogP contribution in [0.2, 0.25) is 0 Å². The maximum atomic E-state index is 14.7. The van der Waals surface area contributed by atoms with E-state index in [1.807, 2.05) is 45.0 Å². The molecule has 0 bridgehead atoms. The van der Waals surface area contributed by atoms with Crippen molar-refractivity contribution < 1.29 is 48.9 Å². The van der Waals surface area contributed by atoms with Crippen molar-refractivity contribution in [2.24, 2.45) is 23.5 Å². The molecule has 350 valence electrons. The Labute approximate surface area is 373 Å². The number of carbonyl (C=O) groups is 7. The van der Waals surface area contributed by atoms with E-state index in [-0.39, 0.29) is 43.4 Å². The first-order chi connectivity index (χ1) is 30.2. The number of carbonyl (C=O) groups excluding carboxylic acids is 6. The van der Waals surface area contributed by atoms with Gasteiger partial charge in [-0.15, -0.1) is 0 Å². The van der Waals surface area contributed by atoms with Crippen molar-refractivity contribution in [1.82, 2.24) is 36.5 Å². The second-order valence-electron chi connectivity index (χ2n) is 17.6. The number of H-pyrrole nitrogens is 1. The van der Waals surface area contributed by atoms with Crippen LogP contribution in [0.5, 0.6) is 5.75 Å². The van der Waals surface area contributed by atoms with Gasteiger partial charge in [0.05, 0.1) is 12.1 Å². The SMILES string of the molecule is CC[C@H](C)[C@H](NC(=O)[C@@H](N)CC(C)C)C(=O)N[C@H](C(=O)N[C@@H](Cc1ccc(O)cc1)C(=O)N1CCC[C@H]1C(=O)N[C@@H](Cc1c[nH]c2ccccc12)C(=O)N[C@H](C(=O)O)[C@@H](C)O)C(C)C. The van der Waals surface area contributed by atoms with E-state index in [9.17, 15) is 48.9 Å². The molecule has 1 aromatic heterocycles. The number of nitrogens with one attached hydrogen (secondary N) is 6. The van der Waals surface area contributed by atoms with Crippen LogP contribution in [0.15, 0.2) is 54.7 Å². The van der Waals surface area contributed by atoms with Crippen molar-refractivity contribution >= 4 is 52.3 Å². The number of nitrogens with two attached hydrogens (primary N) is 1. The Morgan fingerprint density at radius 1 is 0.781 bits per heavy atom. The van der Waals surface area contributed by atoms with E-state index in [1.54, 1.807) is 39.1 Å². The number of aliphatic hydroxyl groups excluding tert-OH is 1. The quantitative estimate of drug-likeness (QED) is 0.0692. The van der Waals surface area contributed by atoms with Crippen LogP contribution in [-0.2, 0) is 46.4 Å². The number of hydrogen-bond donors (Lipinski definition) is 10. The van der Waals surface area contributed by atoms with Crippen molar-refractivity contribution in [2.75, 3.05) is 6.54 Å². The lowest BCUT2D eigenvalue weighted by molar-refractivity contribution is -0.145. The first-order valence-electron chi connectivity index (χ1n) is 22.0. The number of aromatic amines is 1. The van der Waals surface area contributed by atoms with Crippen LogP contribution in [0.1, 0.15) is 85.3 Å². The van der Waals surface area contributed by atoms with E-state index >= 15 is 0 Å². The first kappa shape index (κ1) is 50.6. The third-order valence-corrected chi connectivity index (χ3v) is 11.7. The van der Waals surface area contributed by atoms with Crippen LogP contribution in [-0.4, -0.2) is 122 Å². The fraction of sp³-hybridized carbons (Fsp3) is 0.543. The van der Waals surface area contributed by atoms with Crippen LogP contribution < -0.4 is 32.3 Å². The summed E-state index contributed by atoms with van der Waals surface area (Å²) in [6.45, 7) is 12.3. The zero-order valence-electron chi connectivity index (χ0n) is 37.7. The van der Waals surface area contributed by atoms with Crippen LogP contribution in [0.3, 0.4) is 0 Å². The van der Waals surface area contributed by atoms with Crippen LogP contribution in [0.25, 0.3) is 10.9 Å². The molecule has 3 aromatic rings. The summed E-state index contributed by atoms with van der Waals surface area (Å²) < 4.78 is 0. The number of likely N-dealkylation sites (tertiary alicyclic amines) is 1. The molecule has 9 atom stereocenters. The molecule has 11 N–H and O–H groups in total. The molecule has 0 spiro atoms. The third kappa shape index (κ3) is 13.5. The van der Waals surface area contributed by atoms with Gasteiger partial charge in [0.1, 0.15) is 36.0 Å². The molecule has 1 aliphatic rings. The van der Waals surface area contributed by atoms with Gasteiger partial charge in [-0.05, 0) is 73.3 Å². The van der Waals surface area contributed by atoms with Crippen molar-refractivity contribution in [3.8, 4) is 5.75 Å². The van der Waals surface area contributed by atoms with E-state index < -0.39 is 95.7 Å². The van der Waals surface area contributed by atoms with Crippen LogP contribution >= 0.6 is 0 Å². The fourth-order valence-electron chi connectivity index (χ4n) is 7.83. The van der Waals surface area contributed by atoms with Gasteiger partial charge in [-0.1, -0.05) is 78.3 Å². The molecule has 0 radical (unpaired) electrons. The number of phenolic OH excluding ortho intramolecular Hbond substituents is 1. The molecule has 18 nitrogen and oxygen atoms in total. The fourth-order valence-corrected chi connectivity index (χ4v) is 7.83. The summed E-state index contributed by atoms with van der Waals surface area (Å²) >= 11 is 0. The number of rotatable bonds is 22. The molecule has 2 aromatic carbocycles. The number of aliphatic hydroxyl groups is 1. The number of aromatic hydroxyl groups is 1. The van der Waals surface area contributed by atoms with Crippen LogP contribution in [0, 0.1) is 17.8 Å². The number of nitrogens with zero attached hydrogens (tertiary/aromatic N) is 1. The molecule has 64 heavy (non-hydrogen) atoms. The predicted molar refractivity (Wildman–Crippen MR) is 239 cm³/mol. The number of para-hydroxylation sites is 1. The standard InChI is InChI=1S/C46H66N8O10/c1-8-26(6)38(52-40(57)32(47)20-24(2)3)44(61)51-37(25(4)5)43(60)50-35(21-28-15-17-30(56)18-16-28)45(62)54-19-11-14-36(54)42(59)49-34(41(58)53-39(27(7)55)46(63)64)22-29-23-48-33-13-10-9-12-31(29)33/h9-10,12-13,15-18,23-27,32,34-39,48,55-56H,8,11,14,19-22,47H2,1-7H3,(H,49,59)(H,50,60)(H,51,61)(H,52,57)(H,53,58)(H,63,64)/t26-,27+,32-,34-,35-,36-,37-,38-,39-/m0/s1. The molecule has 6 amide bonds.